The summed E-state index contributed by atoms with van der Waals surface area (Å²) in [6.07, 6.45) is 6.75. The van der Waals surface area contributed by atoms with Gasteiger partial charge in [-0.1, -0.05) is 0 Å². The second kappa shape index (κ2) is 12.2. The van der Waals surface area contributed by atoms with Crippen molar-refractivity contribution in [3.05, 3.63) is 73.1 Å². The van der Waals surface area contributed by atoms with Crippen LogP contribution in [0.25, 0.3) is 55.7 Å². The fourth-order valence-corrected chi connectivity index (χ4v) is 4.94. The van der Waals surface area contributed by atoms with Crippen LogP contribution in [0.15, 0.2) is 67.3 Å². The Hall–Kier alpha value is -5.20. The van der Waals surface area contributed by atoms with Crippen LogP contribution in [0.2, 0.25) is 0 Å². The highest BCUT2D eigenvalue weighted by Crippen LogP contribution is 2.35. The van der Waals surface area contributed by atoms with Gasteiger partial charge in [0.15, 0.2) is 0 Å². The van der Waals surface area contributed by atoms with E-state index >= 15 is 0 Å². The van der Waals surface area contributed by atoms with Gasteiger partial charge in [-0.25, -0.2) is 9.37 Å². The maximum absolute atomic E-state index is 14.6. The Bertz CT molecular complexity index is 1960. The molecule has 44 heavy (non-hydrogen) atoms. The molecule has 224 valence electrons. The summed E-state index contributed by atoms with van der Waals surface area (Å²) in [5, 5.41) is 11.4. The van der Waals surface area contributed by atoms with Gasteiger partial charge < -0.3 is 24.8 Å². The predicted molar refractivity (Wildman–Crippen MR) is 169 cm³/mol. The molecule has 0 aliphatic rings. The van der Waals surface area contributed by atoms with Crippen LogP contribution in [-0.2, 0) is 4.79 Å². The third-order valence-corrected chi connectivity index (χ3v) is 6.98. The molecule has 0 spiro atoms. The number of H-pyrrole nitrogens is 2. The maximum atomic E-state index is 14.6. The Balaban J connectivity index is 1.33. The monoisotopic (exact) mass is 593 g/mol. The molecule has 3 N–H and O–H groups in total. The van der Waals surface area contributed by atoms with Crippen molar-refractivity contribution in [2.75, 3.05) is 53.2 Å². The van der Waals surface area contributed by atoms with Crippen LogP contribution in [0.1, 0.15) is 0 Å². The van der Waals surface area contributed by atoms with Gasteiger partial charge in [-0.05, 0) is 70.2 Å². The number of amides is 1. The first kappa shape index (κ1) is 28.9. The zero-order chi connectivity index (χ0) is 30.8. The van der Waals surface area contributed by atoms with Crippen molar-refractivity contribution in [3.8, 4) is 39.5 Å². The number of nitrogens with zero attached hydrogens (tertiary/aromatic N) is 6. The molecule has 0 unspecified atom stereocenters. The number of carbonyl (C=O) groups excluding carboxylic acids is 1. The van der Waals surface area contributed by atoms with E-state index in [1.807, 2.05) is 63.4 Å². The summed E-state index contributed by atoms with van der Waals surface area (Å²) < 4.78 is 20.5. The van der Waals surface area contributed by atoms with Crippen LogP contribution in [-0.4, -0.2) is 93.7 Å². The number of ether oxygens (including phenoxy) is 1. The predicted octanol–water partition coefficient (Wildman–Crippen LogP) is 4.81. The Kier molecular flexibility index (Phi) is 8.01. The fraction of sp³-hybridized carbons (Fsp3) is 0.219. The molecule has 6 rings (SSSR count). The minimum Gasteiger partial charge on any atom is -0.492 e. The Morgan fingerprint density at radius 1 is 0.932 bits per heavy atom. The van der Waals surface area contributed by atoms with Gasteiger partial charge >= 0.3 is 0 Å². The van der Waals surface area contributed by atoms with Gasteiger partial charge in [0, 0.05) is 41.5 Å². The number of likely N-dealkylation sites (N-methyl/N-ethyl adjacent to an activating group) is 2. The van der Waals surface area contributed by atoms with Crippen molar-refractivity contribution in [2.45, 2.75) is 0 Å². The van der Waals surface area contributed by atoms with Crippen LogP contribution in [0.4, 0.5) is 10.1 Å². The van der Waals surface area contributed by atoms with Crippen LogP contribution >= 0.6 is 0 Å². The van der Waals surface area contributed by atoms with E-state index < -0.39 is 0 Å². The Morgan fingerprint density at radius 2 is 1.77 bits per heavy atom. The molecule has 0 aliphatic carbocycles. The minimum atomic E-state index is -0.388. The quantitative estimate of drug-likeness (QED) is 0.207. The molecule has 11 nitrogen and oxygen atoms in total. The van der Waals surface area contributed by atoms with E-state index in [4.69, 9.17) is 9.72 Å². The van der Waals surface area contributed by atoms with Crippen LogP contribution < -0.4 is 10.1 Å². The molecule has 12 heteroatoms. The van der Waals surface area contributed by atoms with Crippen LogP contribution in [0.5, 0.6) is 5.75 Å². The van der Waals surface area contributed by atoms with Gasteiger partial charge in [0.25, 0.3) is 0 Å². The lowest BCUT2D eigenvalue weighted by molar-refractivity contribution is -0.116. The smallest absolute Gasteiger partial charge is 0.238 e. The summed E-state index contributed by atoms with van der Waals surface area (Å²) >= 11 is 0. The number of hydrogen-bond acceptors (Lipinski definition) is 8. The van der Waals surface area contributed by atoms with E-state index in [9.17, 15) is 9.18 Å². The molecular weight excluding hydrogens is 561 g/mol. The zero-order valence-corrected chi connectivity index (χ0v) is 24.8. The van der Waals surface area contributed by atoms with Gasteiger partial charge in [-0.15, -0.1) is 0 Å². The highest BCUT2D eigenvalue weighted by molar-refractivity contribution is 6.00. The van der Waals surface area contributed by atoms with Crippen molar-refractivity contribution in [1.82, 2.24) is 39.9 Å². The lowest BCUT2D eigenvalue weighted by atomic mass is 10.0. The summed E-state index contributed by atoms with van der Waals surface area (Å²) in [6.45, 7) is 1.42. The largest absolute Gasteiger partial charge is 0.492 e. The normalized spacial score (nSPS) is 11.6. The topological polar surface area (TPSA) is 128 Å². The number of pyridine rings is 3. The minimum absolute atomic E-state index is 0.131. The van der Waals surface area contributed by atoms with E-state index in [1.54, 1.807) is 29.7 Å². The molecule has 5 heterocycles. The maximum Gasteiger partial charge on any atom is 0.238 e. The zero-order valence-electron chi connectivity index (χ0n) is 24.8. The molecule has 0 bridgehead atoms. The second-order valence-electron chi connectivity index (χ2n) is 11.1. The number of aromatic amines is 2. The number of rotatable bonds is 10. The van der Waals surface area contributed by atoms with E-state index in [1.165, 1.54) is 12.1 Å². The van der Waals surface area contributed by atoms with E-state index in [0.717, 1.165) is 33.2 Å². The molecule has 1 aromatic carbocycles. The summed E-state index contributed by atoms with van der Waals surface area (Å²) in [4.78, 5) is 33.1. The SMILES string of the molecule is CN(C)CCOc1cc(F)cc(-c2cncc3[nH]c(-c4n[nH]c5ccc(-c6cncc(NC(=O)CN(C)C)c6)nc45)cc23)c1. The van der Waals surface area contributed by atoms with Gasteiger partial charge in [0.05, 0.1) is 47.0 Å². The first-order valence-electron chi connectivity index (χ1n) is 14.0. The molecule has 6 aromatic rings. The fourth-order valence-electron chi connectivity index (χ4n) is 4.94. The highest BCUT2D eigenvalue weighted by atomic mass is 19.1. The lowest BCUT2D eigenvalue weighted by Crippen LogP contribution is -2.27. The van der Waals surface area contributed by atoms with Crippen molar-refractivity contribution >= 4 is 33.5 Å². The standard InChI is InChI=1S/C32H32FN9O2/c1-41(2)7-8-44-23-11-19(9-21(33)12-23)25-16-35-17-29-24(25)13-28(37-29)32-31-27(39-40-32)6-5-26(38-31)20-10-22(15-34-14-20)36-30(43)18-42(3)4/h5-6,9-17,37H,7-8,18H2,1-4H3,(H,36,43)(H,39,40). The van der Waals surface area contributed by atoms with E-state index in [-0.39, 0.29) is 18.3 Å². The summed E-state index contributed by atoms with van der Waals surface area (Å²) in [7, 11) is 7.58. The van der Waals surface area contributed by atoms with E-state index in [0.29, 0.717) is 47.1 Å². The third-order valence-electron chi connectivity index (χ3n) is 6.98. The number of anilines is 1. The van der Waals surface area contributed by atoms with E-state index in [2.05, 4.69) is 30.5 Å². The molecular formula is C32H32FN9O2. The number of aromatic nitrogens is 6. The number of benzene rings is 1. The van der Waals surface area contributed by atoms with Gasteiger partial charge in [-0.3, -0.25) is 19.9 Å². The van der Waals surface area contributed by atoms with Crippen LogP contribution in [0.3, 0.4) is 0 Å². The van der Waals surface area contributed by atoms with Crippen molar-refractivity contribution in [3.63, 3.8) is 0 Å². The number of carbonyl (C=O) groups is 1. The molecule has 1 amide bonds. The highest BCUT2D eigenvalue weighted by Gasteiger charge is 2.17. The Morgan fingerprint density at radius 3 is 2.59 bits per heavy atom. The first-order chi connectivity index (χ1) is 21.2. The first-order valence-corrected chi connectivity index (χ1v) is 14.0. The number of hydrogen-bond donors (Lipinski definition) is 3. The second-order valence-corrected chi connectivity index (χ2v) is 11.1. The molecule has 0 saturated heterocycles. The van der Waals surface area contributed by atoms with Gasteiger partial charge in [0.2, 0.25) is 5.91 Å². The van der Waals surface area contributed by atoms with Crippen molar-refractivity contribution < 1.29 is 13.9 Å². The van der Waals surface area contributed by atoms with Gasteiger partial charge in [-0.2, -0.15) is 5.10 Å². The average molecular weight is 594 g/mol. The molecule has 5 aromatic heterocycles. The average Bonchev–Trinajstić information content (AvgIpc) is 3.60. The molecule has 0 atom stereocenters. The summed E-state index contributed by atoms with van der Waals surface area (Å²) in [5.74, 6) is -0.0603. The lowest BCUT2D eigenvalue weighted by Gasteiger charge is -2.12. The third kappa shape index (κ3) is 6.26. The molecule has 0 radical (unpaired) electrons. The molecule has 0 aliphatic heterocycles. The van der Waals surface area contributed by atoms with Gasteiger partial charge in [0.1, 0.15) is 29.4 Å². The number of nitrogens with one attached hydrogen (secondary N) is 3. The number of fused-ring (bicyclic) bond motifs is 2. The van der Waals surface area contributed by atoms with Crippen LogP contribution in [0, 0.1) is 5.82 Å². The molecule has 0 saturated carbocycles. The van der Waals surface area contributed by atoms with Crippen molar-refractivity contribution in [2.24, 2.45) is 0 Å². The molecule has 0 fully saturated rings. The number of halogens is 1. The Labute approximate surface area is 253 Å². The summed E-state index contributed by atoms with van der Waals surface area (Å²) in [6, 6.07) is 12.3. The summed E-state index contributed by atoms with van der Waals surface area (Å²) in [5.41, 5.74) is 6.97. The van der Waals surface area contributed by atoms with Crippen molar-refractivity contribution in [1.29, 1.82) is 0 Å².